The number of H-pyrrole nitrogens is 1. The summed E-state index contributed by atoms with van der Waals surface area (Å²) in [5, 5.41) is 11.5. The lowest BCUT2D eigenvalue weighted by Crippen LogP contribution is -2.19. The van der Waals surface area contributed by atoms with E-state index in [1.807, 2.05) is 48.7 Å². The number of amides is 1. The fraction of sp³-hybridized carbons (Fsp3) is 0.200. The Balaban J connectivity index is 2.03. The monoisotopic (exact) mass is 345 g/mol. The Labute approximate surface area is 142 Å². The van der Waals surface area contributed by atoms with E-state index in [1.165, 1.54) is 11.8 Å². The fourth-order valence-electron chi connectivity index (χ4n) is 2.35. The van der Waals surface area contributed by atoms with Crippen LogP contribution in [0.15, 0.2) is 40.5 Å². The number of carbonyl (C=O) groups is 1. The van der Waals surface area contributed by atoms with Crippen molar-refractivity contribution in [1.29, 1.82) is 0 Å². The van der Waals surface area contributed by atoms with Gasteiger partial charge < -0.3 is 10.3 Å². The van der Waals surface area contributed by atoms with Gasteiger partial charge in [0.25, 0.3) is 0 Å². The van der Waals surface area contributed by atoms with Gasteiger partial charge in [0.1, 0.15) is 0 Å². The van der Waals surface area contributed by atoms with Crippen LogP contribution >= 0.6 is 24.0 Å². The molecule has 8 heteroatoms. The Hall–Kier alpha value is -2.19. The second kappa shape index (κ2) is 6.51. The van der Waals surface area contributed by atoms with Crippen LogP contribution in [-0.4, -0.2) is 32.1 Å². The van der Waals surface area contributed by atoms with E-state index in [-0.39, 0.29) is 5.91 Å². The largest absolute Gasteiger partial charge is 0.334 e. The highest BCUT2D eigenvalue weighted by Crippen LogP contribution is 2.17. The molecule has 0 spiro atoms. The van der Waals surface area contributed by atoms with Crippen LogP contribution in [0.2, 0.25) is 0 Å². The highest BCUT2D eigenvalue weighted by molar-refractivity contribution is 8.15. The number of benzene rings is 1. The topological polar surface area (TPSA) is 74.5 Å². The van der Waals surface area contributed by atoms with Crippen molar-refractivity contribution in [2.75, 3.05) is 5.75 Å². The van der Waals surface area contributed by atoms with Gasteiger partial charge in [-0.3, -0.25) is 9.36 Å². The molecule has 2 heterocycles. The molecule has 1 aliphatic heterocycles. The number of para-hydroxylation sites is 1. The molecule has 2 N–H and O–H groups in total. The summed E-state index contributed by atoms with van der Waals surface area (Å²) in [6.07, 6.45) is 0. The zero-order valence-electron chi connectivity index (χ0n) is 12.7. The standard InChI is InChI=1S/C15H15N5OS2/c1-9-13(10(2)18-19-14-17-12(21)8-23-14)20(15(22)16-9)11-6-4-3-5-7-11/h3-7H,8H2,1-2H3,(H,16,22)(H,17,19,21)/b18-10+. The zero-order valence-corrected chi connectivity index (χ0v) is 14.3. The van der Waals surface area contributed by atoms with E-state index in [4.69, 9.17) is 12.2 Å². The third-order valence-corrected chi connectivity index (χ3v) is 4.46. The lowest BCUT2D eigenvalue weighted by Gasteiger charge is -2.08. The molecule has 6 nitrogen and oxygen atoms in total. The minimum atomic E-state index is -0.0494. The predicted molar refractivity (Wildman–Crippen MR) is 95.9 cm³/mol. The molecule has 0 aliphatic carbocycles. The first-order valence-electron chi connectivity index (χ1n) is 6.98. The van der Waals surface area contributed by atoms with Crippen molar-refractivity contribution in [1.82, 2.24) is 14.9 Å². The number of carbonyl (C=O) groups excluding carboxylic acids is 1. The number of rotatable bonds is 3. The minimum Gasteiger partial charge on any atom is -0.334 e. The van der Waals surface area contributed by atoms with Crippen molar-refractivity contribution >= 4 is 40.8 Å². The number of nitrogens with zero attached hydrogens (tertiary/aromatic N) is 3. The number of imidazole rings is 1. The molecule has 23 heavy (non-hydrogen) atoms. The van der Waals surface area contributed by atoms with Gasteiger partial charge in [0.15, 0.2) is 9.94 Å². The van der Waals surface area contributed by atoms with Crippen molar-refractivity contribution in [3.05, 3.63) is 46.5 Å². The molecule has 1 aliphatic rings. The molecule has 1 aromatic heterocycles. The van der Waals surface area contributed by atoms with Crippen LogP contribution < -0.4 is 5.32 Å². The van der Waals surface area contributed by atoms with Gasteiger partial charge in [-0.25, -0.2) is 0 Å². The summed E-state index contributed by atoms with van der Waals surface area (Å²) in [7, 11) is 0. The van der Waals surface area contributed by atoms with E-state index in [1.54, 1.807) is 0 Å². The summed E-state index contributed by atoms with van der Waals surface area (Å²) >= 11 is 6.77. The van der Waals surface area contributed by atoms with E-state index in [2.05, 4.69) is 20.5 Å². The first-order chi connectivity index (χ1) is 11.1. The van der Waals surface area contributed by atoms with E-state index in [0.717, 1.165) is 17.1 Å². The molecular formula is C15H15N5OS2. The predicted octanol–water partition coefficient (Wildman–Crippen LogP) is 2.79. The van der Waals surface area contributed by atoms with Crippen molar-refractivity contribution in [2.24, 2.45) is 10.2 Å². The zero-order chi connectivity index (χ0) is 16.4. The first kappa shape index (κ1) is 15.7. The van der Waals surface area contributed by atoms with Gasteiger partial charge in [-0.05, 0) is 38.2 Å². The Morgan fingerprint density at radius 2 is 2.09 bits per heavy atom. The molecular weight excluding hydrogens is 330 g/mol. The minimum absolute atomic E-state index is 0.0494. The normalized spacial score (nSPS) is 16.9. The molecule has 1 fully saturated rings. The van der Waals surface area contributed by atoms with Gasteiger partial charge in [0.05, 0.1) is 17.2 Å². The quantitative estimate of drug-likeness (QED) is 0.510. The molecule has 0 bridgehead atoms. The second-order valence-corrected chi connectivity index (χ2v) is 6.35. The summed E-state index contributed by atoms with van der Waals surface area (Å²) in [4.78, 5) is 14.3. The fourth-order valence-corrected chi connectivity index (χ4v) is 3.32. The second-order valence-electron chi connectivity index (χ2n) is 5.00. The molecule has 1 aromatic carbocycles. The third kappa shape index (κ3) is 3.27. The molecule has 0 atom stereocenters. The number of nitrogens with one attached hydrogen (secondary N) is 2. The molecule has 118 valence electrons. The SMILES string of the molecule is C/C(=N\N=C1\NC(=O)CS1)c1c(C)[nH]c(=S)n1-c1ccccc1. The molecule has 1 amide bonds. The van der Waals surface area contributed by atoms with Crippen molar-refractivity contribution in [2.45, 2.75) is 13.8 Å². The third-order valence-electron chi connectivity index (χ3n) is 3.31. The van der Waals surface area contributed by atoms with E-state index in [0.29, 0.717) is 21.4 Å². The lowest BCUT2D eigenvalue weighted by atomic mass is 10.2. The van der Waals surface area contributed by atoms with Crippen LogP contribution in [-0.2, 0) is 4.79 Å². The van der Waals surface area contributed by atoms with Gasteiger partial charge in [0.2, 0.25) is 5.91 Å². The van der Waals surface area contributed by atoms with E-state index < -0.39 is 0 Å². The van der Waals surface area contributed by atoms with Gasteiger partial charge in [-0.15, -0.1) is 5.10 Å². The molecule has 0 saturated carbocycles. The number of aryl methyl sites for hydroxylation is 1. The van der Waals surface area contributed by atoms with Gasteiger partial charge in [0, 0.05) is 11.4 Å². The summed E-state index contributed by atoms with van der Waals surface area (Å²) in [5.41, 5.74) is 3.47. The number of hydrogen-bond acceptors (Lipinski definition) is 5. The summed E-state index contributed by atoms with van der Waals surface area (Å²) in [6.45, 7) is 3.82. The van der Waals surface area contributed by atoms with E-state index >= 15 is 0 Å². The highest BCUT2D eigenvalue weighted by Gasteiger charge is 2.17. The summed E-state index contributed by atoms with van der Waals surface area (Å²) in [5.74, 6) is 0.336. The number of aromatic amines is 1. The Morgan fingerprint density at radius 3 is 2.74 bits per heavy atom. The van der Waals surface area contributed by atoms with Crippen LogP contribution in [0.25, 0.3) is 5.69 Å². The van der Waals surface area contributed by atoms with Crippen LogP contribution in [0.1, 0.15) is 18.3 Å². The summed E-state index contributed by atoms with van der Waals surface area (Å²) in [6, 6.07) is 9.85. The number of thioether (sulfide) groups is 1. The summed E-state index contributed by atoms with van der Waals surface area (Å²) < 4.78 is 2.54. The van der Waals surface area contributed by atoms with Crippen LogP contribution in [0.3, 0.4) is 0 Å². The Bertz CT molecular complexity index is 864. The Morgan fingerprint density at radius 1 is 1.35 bits per heavy atom. The lowest BCUT2D eigenvalue weighted by molar-refractivity contribution is -0.116. The molecule has 0 unspecified atom stereocenters. The van der Waals surface area contributed by atoms with Crippen LogP contribution in [0.4, 0.5) is 0 Å². The maximum absolute atomic E-state index is 11.2. The van der Waals surface area contributed by atoms with Gasteiger partial charge >= 0.3 is 0 Å². The van der Waals surface area contributed by atoms with Crippen LogP contribution in [0.5, 0.6) is 0 Å². The average Bonchev–Trinajstić information content (AvgIpc) is 3.08. The number of amidine groups is 1. The highest BCUT2D eigenvalue weighted by atomic mass is 32.2. The van der Waals surface area contributed by atoms with Gasteiger partial charge in [-0.1, -0.05) is 30.0 Å². The smallest absolute Gasteiger partial charge is 0.236 e. The number of hydrogen-bond donors (Lipinski definition) is 2. The molecule has 1 saturated heterocycles. The maximum Gasteiger partial charge on any atom is 0.236 e. The first-order valence-corrected chi connectivity index (χ1v) is 8.38. The van der Waals surface area contributed by atoms with Crippen molar-refractivity contribution in [3.63, 3.8) is 0 Å². The Kier molecular flexibility index (Phi) is 4.44. The molecule has 3 rings (SSSR count). The van der Waals surface area contributed by atoms with Crippen molar-refractivity contribution < 1.29 is 4.79 Å². The van der Waals surface area contributed by atoms with E-state index in [9.17, 15) is 4.79 Å². The molecule has 0 radical (unpaired) electrons. The van der Waals surface area contributed by atoms with Gasteiger partial charge in [-0.2, -0.15) is 5.10 Å². The number of aromatic nitrogens is 2. The molecule has 2 aromatic rings. The van der Waals surface area contributed by atoms with Crippen LogP contribution in [0, 0.1) is 11.7 Å². The average molecular weight is 345 g/mol. The maximum atomic E-state index is 11.2. The van der Waals surface area contributed by atoms with Crippen molar-refractivity contribution in [3.8, 4) is 5.69 Å².